The number of carbonyl (C=O) groups excluding carboxylic acids is 1. The summed E-state index contributed by atoms with van der Waals surface area (Å²) in [7, 11) is 0. The van der Waals surface area contributed by atoms with Gasteiger partial charge in [-0.3, -0.25) is 9.59 Å². The highest BCUT2D eigenvalue weighted by Crippen LogP contribution is 2.32. The van der Waals surface area contributed by atoms with Gasteiger partial charge in [0.15, 0.2) is 0 Å². The van der Waals surface area contributed by atoms with Crippen molar-refractivity contribution >= 4 is 33.7 Å². The number of nitrogens with zero attached hydrogens (tertiary/aromatic N) is 2. The maximum Gasteiger partial charge on any atom is 0.312 e. The molecule has 0 spiro atoms. The van der Waals surface area contributed by atoms with E-state index in [1.165, 1.54) is 18.2 Å². The molecule has 2 atom stereocenters. The summed E-state index contributed by atoms with van der Waals surface area (Å²) in [5.41, 5.74) is 3.12. The van der Waals surface area contributed by atoms with Gasteiger partial charge in [-0.1, -0.05) is 43.7 Å². The topological polar surface area (TPSA) is 92.2 Å². The molecular formula is C32H27F2N3O3. The van der Waals surface area contributed by atoms with Crippen LogP contribution in [0.15, 0.2) is 78.9 Å². The fraction of sp³-hybridized carbons (Fsp3) is 0.188. The largest absolute Gasteiger partial charge is 0.481 e. The van der Waals surface area contributed by atoms with Crippen molar-refractivity contribution in [1.29, 1.82) is 0 Å². The van der Waals surface area contributed by atoms with Crippen LogP contribution in [0.4, 0.5) is 8.78 Å². The molecule has 1 amide bonds. The van der Waals surface area contributed by atoms with Gasteiger partial charge in [0.25, 0.3) is 5.91 Å². The minimum atomic E-state index is -1.03. The van der Waals surface area contributed by atoms with Crippen LogP contribution >= 0.6 is 0 Å². The molecule has 0 bridgehead atoms. The number of carbonyl (C=O) groups is 2. The van der Waals surface area contributed by atoms with Crippen LogP contribution in [-0.2, 0) is 4.79 Å². The van der Waals surface area contributed by atoms with Crippen molar-refractivity contribution in [3.8, 4) is 11.3 Å². The zero-order valence-electron chi connectivity index (χ0n) is 22.0. The molecule has 0 aliphatic heterocycles. The molecule has 8 heteroatoms. The first kappa shape index (κ1) is 26.9. The first-order chi connectivity index (χ1) is 19.3. The number of carboxylic acid groups (broad SMARTS) is 1. The zero-order chi connectivity index (χ0) is 28.4. The summed E-state index contributed by atoms with van der Waals surface area (Å²) in [5.74, 6) is -3.07. The normalized spacial score (nSPS) is 12.8. The van der Waals surface area contributed by atoms with Crippen LogP contribution < -0.4 is 5.32 Å². The highest BCUT2D eigenvalue weighted by Gasteiger charge is 2.26. The molecule has 40 heavy (non-hydrogen) atoms. The van der Waals surface area contributed by atoms with E-state index in [4.69, 9.17) is 4.98 Å². The Balaban J connectivity index is 1.52. The molecule has 2 N–H and O–H groups in total. The Kier molecular flexibility index (Phi) is 7.51. The second kappa shape index (κ2) is 11.2. The molecule has 6 nitrogen and oxygen atoms in total. The predicted molar refractivity (Wildman–Crippen MR) is 150 cm³/mol. The Morgan fingerprint density at radius 3 is 2.33 bits per heavy atom. The Hall–Kier alpha value is -4.72. The highest BCUT2D eigenvalue weighted by atomic mass is 19.1. The van der Waals surface area contributed by atoms with Crippen molar-refractivity contribution in [3.63, 3.8) is 0 Å². The van der Waals surface area contributed by atoms with Crippen LogP contribution in [0.25, 0.3) is 33.1 Å². The third-order valence-corrected chi connectivity index (χ3v) is 7.00. The Bertz CT molecular complexity index is 1740. The third-order valence-electron chi connectivity index (χ3n) is 7.00. The van der Waals surface area contributed by atoms with E-state index < -0.39 is 23.7 Å². The molecule has 0 aliphatic rings. The number of hydrogen-bond donors (Lipinski definition) is 2. The standard InChI is InChI=1S/C32H27F2N3O3/c1-3-6-25(32(39)40)30-29(19-9-12-21(33)13-10-19)36-27-16-11-20(17-28(27)37-30)31(38)35-18(2)22-14-15-26(34)24-8-5-4-7-23(22)24/h4-5,7-18,25H,3,6H2,1-2H3,(H,35,38)(H,39,40). The maximum absolute atomic E-state index is 14.3. The second-order valence-corrected chi connectivity index (χ2v) is 9.72. The monoisotopic (exact) mass is 539 g/mol. The first-order valence-corrected chi connectivity index (χ1v) is 13.0. The van der Waals surface area contributed by atoms with Crippen molar-refractivity contribution in [2.45, 2.75) is 38.6 Å². The van der Waals surface area contributed by atoms with Gasteiger partial charge in [0, 0.05) is 16.5 Å². The molecule has 202 valence electrons. The smallest absolute Gasteiger partial charge is 0.312 e. The van der Waals surface area contributed by atoms with E-state index in [1.807, 2.05) is 26.0 Å². The van der Waals surface area contributed by atoms with E-state index in [0.717, 1.165) is 5.56 Å². The minimum absolute atomic E-state index is 0.261. The Labute approximate surface area is 229 Å². The quantitative estimate of drug-likeness (QED) is 0.218. The van der Waals surface area contributed by atoms with Gasteiger partial charge in [-0.25, -0.2) is 18.7 Å². The lowest BCUT2D eigenvalue weighted by Crippen LogP contribution is -2.26. The molecule has 5 rings (SSSR count). The van der Waals surface area contributed by atoms with Crippen molar-refractivity contribution in [2.75, 3.05) is 0 Å². The van der Waals surface area contributed by atoms with Gasteiger partial charge in [-0.2, -0.15) is 0 Å². The molecular weight excluding hydrogens is 512 g/mol. The molecule has 0 saturated carbocycles. The van der Waals surface area contributed by atoms with E-state index >= 15 is 0 Å². The lowest BCUT2D eigenvalue weighted by atomic mass is 9.94. The number of hydrogen-bond acceptors (Lipinski definition) is 4. The average Bonchev–Trinajstić information content (AvgIpc) is 2.95. The maximum atomic E-state index is 14.3. The van der Waals surface area contributed by atoms with Crippen LogP contribution in [0.2, 0.25) is 0 Å². The molecule has 1 heterocycles. The van der Waals surface area contributed by atoms with Gasteiger partial charge in [-0.05, 0) is 72.8 Å². The van der Waals surface area contributed by atoms with Gasteiger partial charge in [0.05, 0.1) is 28.5 Å². The van der Waals surface area contributed by atoms with Crippen LogP contribution in [0.5, 0.6) is 0 Å². The predicted octanol–water partition coefficient (Wildman–Crippen LogP) is 7.19. The van der Waals surface area contributed by atoms with Crippen LogP contribution in [0, 0.1) is 11.6 Å². The second-order valence-electron chi connectivity index (χ2n) is 9.72. The van der Waals surface area contributed by atoms with Crippen molar-refractivity contribution in [2.24, 2.45) is 0 Å². The molecule has 2 unspecified atom stereocenters. The first-order valence-electron chi connectivity index (χ1n) is 13.0. The number of rotatable bonds is 8. The number of aliphatic carboxylic acids is 1. The number of aromatic nitrogens is 2. The summed E-state index contributed by atoms with van der Waals surface area (Å²) in [6, 6.07) is 20.3. The van der Waals surface area contributed by atoms with Gasteiger partial charge in [-0.15, -0.1) is 0 Å². The lowest BCUT2D eigenvalue weighted by Gasteiger charge is -2.18. The van der Waals surface area contributed by atoms with E-state index in [9.17, 15) is 23.5 Å². The number of amides is 1. The van der Waals surface area contributed by atoms with Crippen LogP contribution in [-0.4, -0.2) is 27.0 Å². The third kappa shape index (κ3) is 5.25. The van der Waals surface area contributed by atoms with E-state index in [2.05, 4.69) is 10.3 Å². The van der Waals surface area contributed by atoms with Crippen molar-refractivity contribution in [1.82, 2.24) is 15.3 Å². The molecule has 5 aromatic rings. The van der Waals surface area contributed by atoms with Crippen molar-refractivity contribution < 1.29 is 23.5 Å². The molecule has 0 radical (unpaired) electrons. The van der Waals surface area contributed by atoms with Gasteiger partial charge >= 0.3 is 5.97 Å². The molecule has 0 aliphatic carbocycles. The van der Waals surface area contributed by atoms with Gasteiger partial charge in [0.2, 0.25) is 0 Å². The Morgan fingerprint density at radius 1 is 0.900 bits per heavy atom. The number of halogens is 2. The van der Waals surface area contributed by atoms with E-state index in [1.54, 1.807) is 48.5 Å². The lowest BCUT2D eigenvalue weighted by molar-refractivity contribution is -0.139. The Morgan fingerprint density at radius 2 is 1.62 bits per heavy atom. The molecule has 1 aromatic heterocycles. The zero-order valence-corrected chi connectivity index (χ0v) is 22.0. The summed E-state index contributed by atoms with van der Waals surface area (Å²) in [4.78, 5) is 34.8. The van der Waals surface area contributed by atoms with E-state index in [-0.39, 0.29) is 17.4 Å². The summed E-state index contributed by atoms with van der Waals surface area (Å²) < 4.78 is 27.9. The van der Waals surface area contributed by atoms with Crippen LogP contribution in [0.1, 0.15) is 60.3 Å². The summed E-state index contributed by atoms with van der Waals surface area (Å²) in [6.07, 6.45) is 0.949. The molecule has 0 saturated heterocycles. The molecule has 4 aromatic carbocycles. The summed E-state index contributed by atoms with van der Waals surface area (Å²) in [5, 5.41) is 14.1. The van der Waals surface area contributed by atoms with Crippen molar-refractivity contribution in [3.05, 3.63) is 107 Å². The summed E-state index contributed by atoms with van der Waals surface area (Å²) in [6.45, 7) is 3.71. The van der Waals surface area contributed by atoms with Gasteiger partial charge < -0.3 is 10.4 Å². The average molecular weight is 540 g/mol. The number of nitrogens with one attached hydrogen (secondary N) is 1. The number of carboxylic acids is 1. The number of fused-ring (bicyclic) bond motifs is 2. The summed E-state index contributed by atoms with van der Waals surface area (Å²) >= 11 is 0. The van der Waals surface area contributed by atoms with Crippen LogP contribution in [0.3, 0.4) is 0 Å². The SMILES string of the molecule is CCCC(C(=O)O)c1nc2cc(C(=O)NC(C)c3ccc(F)c4ccccc34)ccc2nc1-c1ccc(F)cc1. The minimum Gasteiger partial charge on any atom is -0.481 e. The highest BCUT2D eigenvalue weighted by molar-refractivity contribution is 5.98. The number of benzene rings is 4. The van der Waals surface area contributed by atoms with E-state index in [0.29, 0.717) is 51.5 Å². The molecule has 0 fully saturated rings. The van der Waals surface area contributed by atoms with Gasteiger partial charge in [0.1, 0.15) is 17.6 Å². The fourth-order valence-electron chi connectivity index (χ4n) is 4.96. The fourth-order valence-corrected chi connectivity index (χ4v) is 4.96.